The maximum absolute atomic E-state index is 12.9. The molecular formula is C24H29N7O2. The van der Waals surface area contributed by atoms with Gasteiger partial charge in [-0.15, -0.1) is 0 Å². The van der Waals surface area contributed by atoms with E-state index in [0.29, 0.717) is 32.7 Å². The number of piperazine rings is 1. The van der Waals surface area contributed by atoms with Gasteiger partial charge in [0.25, 0.3) is 0 Å². The van der Waals surface area contributed by atoms with E-state index in [0.717, 1.165) is 16.9 Å². The normalized spacial score (nSPS) is 14.9. The monoisotopic (exact) mass is 447 g/mol. The van der Waals surface area contributed by atoms with Gasteiger partial charge < -0.3 is 15.1 Å². The van der Waals surface area contributed by atoms with Crippen molar-refractivity contribution in [3.05, 3.63) is 72.8 Å². The number of carbonyl (C=O) groups excluding carboxylic acids is 2. The van der Waals surface area contributed by atoms with Crippen LogP contribution in [0.15, 0.2) is 67.3 Å². The summed E-state index contributed by atoms with van der Waals surface area (Å²) in [7, 11) is 1.96. The second-order valence-corrected chi connectivity index (χ2v) is 8.19. The molecule has 33 heavy (non-hydrogen) atoms. The van der Waals surface area contributed by atoms with Gasteiger partial charge in [0.2, 0.25) is 5.91 Å². The summed E-state index contributed by atoms with van der Waals surface area (Å²) < 4.78 is 1.71. The van der Waals surface area contributed by atoms with Crippen molar-refractivity contribution in [2.75, 3.05) is 45.1 Å². The Labute approximate surface area is 193 Å². The number of urea groups is 1. The molecule has 1 aliphatic heterocycles. The third-order valence-corrected chi connectivity index (χ3v) is 6.05. The first-order chi connectivity index (χ1) is 16.0. The zero-order chi connectivity index (χ0) is 23.2. The Morgan fingerprint density at radius 3 is 2.30 bits per heavy atom. The van der Waals surface area contributed by atoms with Crippen LogP contribution in [-0.4, -0.2) is 81.2 Å². The van der Waals surface area contributed by atoms with Crippen molar-refractivity contribution in [1.82, 2.24) is 29.5 Å². The number of rotatable bonds is 6. The van der Waals surface area contributed by atoms with E-state index in [1.54, 1.807) is 15.9 Å². The zero-order valence-corrected chi connectivity index (χ0v) is 19.0. The minimum Gasteiger partial charge on any atom is -0.338 e. The van der Waals surface area contributed by atoms with E-state index in [4.69, 9.17) is 0 Å². The third-order valence-electron chi connectivity index (χ3n) is 6.05. The fraction of sp³-hybridized carbons (Fsp3) is 0.333. The highest BCUT2D eigenvalue weighted by Gasteiger charge is 2.25. The summed E-state index contributed by atoms with van der Waals surface area (Å²) in [6, 6.07) is 17.4. The number of nitrogens with zero attached hydrogens (tertiary/aromatic N) is 6. The SMILES string of the molecule is CC(c1ccc(-n2cncn2)cc1)N(C)CC(=O)N1CCN(C(=O)Nc2ccccc2)CC1. The molecule has 4 rings (SSSR count). The standard InChI is InChI=1S/C24H29N7O2/c1-19(20-8-10-22(11-9-20)31-18-25-17-26-31)28(2)16-23(32)29-12-14-30(15-13-29)24(33)27-21-6-4-3-5-7-21/h3-11,17-19H,12-16H2,1-2H3,(H,27,33). The van der Waals surface area contributed by atoms with Gasteiger partial charge in [0.15, 0.2) is 0 Å². The molecule has 2 aromatic carbocycles. The van der Waals surface area contributed by atoms with Crippen molar-refractivity contribution in [3.8, 4) is 5.69 Å². The summed E-state index contributed by atoms with van der Waals surface area (Å²) in [5.74, 6) is 0.0757. The van der Waals surface area contributed by atoms with Crippen molar-refractivity contribution in [2.24, 2.45) is 0 Å². The lowest BCUT2D eigenvalue weighted by atomic mass is 10.1. The number of likely N-dealkylation sites (N-methyl/N-ethyl adjacent to an activating group) is 1. The van der Waals surface area contributed by atoms with Gasteiger partial charge in [-0.25, -0.2) is 14.5 Å². The van der Waals surface area contributed by atoms with Crippen LogP contribution in [0.25, 0.3) is 5.69 Å². The summed E-state index contributed by atoms with van der Waals surface area (Å²) in [6.45, 7) is 4.53. The van der Waals surface area contributed by atoms with Gasteiger partial charge in [0.05, 0.1) is 12.2 Å². The number of nitrogens with one attached hydrogen (secondary N) is 1. The lowest BCUT2D eigenvalue weighted by Crippen LogP contribution is -2.53. The minimum atomic E-state index is -0.131. The van der Waals surface area contributed by atoms with E-state index in [1.165, 1.54) is 6.33 Å². The smallest absolute Gasteiger partial charge is 0.321 e. The number of anilines is 1. The second kappa shape index (κ2) is 10.3. The maximum Gasteiger partial charge on any atom is 0.321 e. The number of hydrogen-bond acceptors (Lipinski definition) is 5. The summed E-state index contributed by atoms with van der Waals surface area (Å²) in [4.78, 5) is 34.9. The predicted molar refractivity (Wildman–Crippen MR) is 126 cm³/mol. The van der Waals surface area contributed by atoms with E-state index < -0.39 is 0 Å². The van der Waals surface area contributed by atoms with Gasteiger partial charge >= 0.3 is 6.03 Å². The molecule has 1 atom stereocenters. The molecule has 1 aliphatic rings. The highest BCUT2D eigenvalue weighted by molar-refractivity contribution is 5.89. The van der Waals surface area contributed by atoms with Crippen molar-refractivity contribution in [1.29, 1.82) is 0 Å². The van der Waals surface area contributed by atoms with Gasteiger partial charge in [-0.05, 0) is 43.8 Å². The quantitative estimate of drug-likeness (QED) is 0.628. The van der Waals surface area contributed by atoms with Gasteiger partial charge in [-0.3, -0.25) is 9.69 Å². The van der Waals surface area contributed by atoms with Crippen molar-refractivity contribution in [3.63, 3.8) is 0 Å². The average Bonchev–Trinajstić information content (AvgIpc) is 3.39. The van der Waals surface area contributed by atoms with E-state index in [2.05, 4.69) is 22.3 Å². The Kier molecular flexibility index (Phi) is 6.99. The average molecular weight is 448 g/mol. The fourth-order valence-electron chi connectivity index (χ4n) is 3.83. The molecule has 0 radical (unpaired) electrons. The Morgan fingerprint density at radius 1 is 1.00 bits per heavy atom. The zero-order valence-electron chi connectivity index (χ0n) is 19.0. The van der Waals surface area contributed by atoms with Crippen molar-refractivity contribution < 1.29 is 9.59 Å². The van der Waals surface area contributed by atoms with E-state index in [-0.39, 0.29) is 18.0 Å². The molecule has 172 valence electrons. The van der Waals surface area contributed by atoms with E-state index in [9.17, 15) is 9.59 Å². The van der Waals surface area contributed by atoms with Crippen LogP contribution in [0.5, 0.6) is 0 Å². The Hall–Kier alpha value is -3.72. The number of carbonyl (C=O) groups is 2. The molecule has 9 heteroatoms. The molecule has 1 saturated heterocycles. The molecule has 0 bridgehead atoms. The van der Waals surface area contributed by atoms with Gasteiger partial charge in [-0.1, -0.05) is 30.3 Å². The molecule has 0 aliphatic carbocycles. The van der Waals surface area contributed by atoms with Gasteiger partial charge in [0, 0.05) is 37.9 Å². The molecule has 1 N–H and O–H groups in total. The van der Waals surface area contributed by atoms with E-state index >= 15 is 0 Å². The van der Waals surface area contributed by atoms with Crippen LogP contribution in [0.1, 0.15) is 18.5 Å². The van der Waals surface area contributed by atoms with Crippen LogP contribution >= 0.6 is 0 Å². The van der Waals surface area contributed by atoms with Crippen LogP contribution in [0.3, 0.4) is 0 Å². The predicted octanol–water partition coefficient (Wildman–Crippen LogP) is 2.64. The van der Waals surface area contributed by atoms with Crippen molar-refractivity contribution >= 4 is 17.6 Å². The minimum absolute atomic E-state index is 0.0757. The topological polar surface area (TPSA) is 86.6 Å². The molecule has 3 amide bonds. The number of para-hydroxylation sites is 1. The molecule has 0 spiro atoms. The number of hydrogen-bond donors (Lipinski definition) is 1. The molecule has 9 nitrogen and oxygen atoms in total. The summed E-state index contributed by atoms with van der Waals surface area (Å²) in [5.41, 5.74) is 2.83. The molecule has 3 aromatic rings. The Balaban J connectivity index is 1.25. The molecule has 1 unspecified atom stereocenters. The molecular weight excluding hydrogens is 418 g/mol. The summed E-state index contributed by atoms with van der Waals surface area (Å²) in [6.07, 6.45) is 3.17. The van der Waals surface area contributed by atoms with Crippen LogP contribution in [-0.2, 0) is 4.79 Å². The third kappa shape index (κ3) is 5.56. The number of benzene rings is 2. The van der Waals surface area contributed by atoms with Crippen molar-refractivity contribution in [2.45, 2.75) is 13.0 Å². The summed E-state index contributed by atoms with van der Waals surface area (Å²) in [5, 5.41) is 7.04. The van der Waals surface area contributed by atoms with Crippen LogP contribution in [0, 0.1) is 0 Å². The molecule has 0 saturated carbocycles. The Morgan fingerprint density at radius 2 is 1.67 bits per heavy atom. The number of aromatic nitrogens is 3. The highest BCUT2D eigenvalue weighted by Crippen LogP contribution is 2.20. The summed E-state index contributed by atoms with van der Waals surface area (Å²) >= 11 is 0. The lowest BCUT2D eigenvalue weighted by molar-refractivity contribution is -0.134. The second-order valence-electron chi connectivity index (χ2n) is 8.19. The largest absolute Gasteiger partial charge is 0.338 e. The van der Waals surface area contributed by atoms with Gasteiger partial charge in [-0.2, -0.15) is 5.10 Å². The van der Waals surface area contributed by atoms with Crippen LogP contribution < -0.4 is 5.32 Å². The van der Waals surface area contributed by atoms with Gasteiger partial charge in [0.1, 0.15) is 12.7 Å². The molecule has 1 aromatic heterocycles. The molecule has 1 fully saturated rings. The van der Waals surface area contributed by atoms with E-state index in [1.807, 2.05) is 71.4 Å². The fourth-order valence-corrected chi connectivity index (χ4v) is 3.83. The first kappa shape index (κ1) is 22.5. The first-order valence-corrected chi connectivity index (χ1v) is 11.1. The number of amides is 3. The Bertz CT molecular complexity index is 1050. The first-order valence-electron chi connectivity index (χ1n) is 11.1. The highest BCUT2D eigenvalue weighted by atomic mass is 16.2. The molecule has 2 heterocycles. The maximum atomic E-state index is 12.9. The lowest BCUT2D eigenvalue weighted by Gasteiger charge is -2.36. The van der Waals surface area contributed by atoms with Crippen LogP contribution in [0.4, 0.5) is 10.5 Å². The van der Waals surface area contributed by atoms with Crippen LogP contribution in [0.2, 0.25) is 0 Å².